The number of aliphatic hydroxyl groups is 1. The molecule has 1 saturated heterocycles. The molecule has 5 rings (SSSR count). The van der Waals surface area contributed by atoms with Gasteiger partial charge in [-0.3, -0.25) is 4.79 Å². The van der Waals surface area contributed by atoms with Crippen molar-refractivity contribution in [2.45, 2.75) is 44.8 Å². The molecule has 3 aliphatic rings. The third-order valence-corrected chi connectivity index (χ3v) is 6.33. The van der Waals surface area contributed by atoms with E-state index in [1.165, 1.54) is 6.39 Å². The monoisotopic (exact) mass is 414 g/mol. The van der Waals surface area contributed by atoms with Crippen LogP contribution in [0.2, 0.25) is 0 Å². The number of carbonyl (C=O) groups is 1. The molecule has 1 amide bonds. The minimum absolute atomic E-state index is 0.0930. The molecule has 1 aliphatic carbocycles. The zero-order valence-corrected chi connectivity index (χ0v) is 17.1. The molecule has 3 heterocycles. The molecule has 0 spiro atoms. The van der Waals surface area contributed by atoms with Gasteiger partial charge in [0.25, 0.3) is 5.91 Å². The van der Waals surface area contributed by atoms with Crippen molar-refractivity contribution in [2.75, 3.05) is 19.9 Å². The highest BCUT2D eigenvalue weighted by Crippen LogP contribution is 2.40. The summed E-state index contributed by atoms with van der Waals surface area (Å²) >= 11 is 0. The lowest BCUT2D eigenvalue weighted by atomic mass is 9.78. The zero-order chi connectivity index (χ0) is 20.8. The van der Waals surface area contributed by atoms with Crippen molar-refractivity contribution in [2.24, 2.45) is 11.8 Å². The van der Waals surface area contributed by atoms with Crippen LogP contribution in [0.4, 0.5) is 0 Å². The second-order valence-corrected chi connectivity index (χ2v) is 8.66. The van der Waals surface area contributed by atoms with E-state index in [2.05, 4.69) is 4.98 Å². The molecule has 1 saturated carbocycles. The summed E-state index contributed by atoms with van der Waals surface area (Å²) in [4.78, 5) is 19.0. The lowest BCUT2D eigenvalue weighted by molar-refractivity contribution is -0.0232. The SMILES string of the molecule is CC(C)c1ocnc1C(=O)N1C[C@H]2C[C@@H](Oc3ccc4c(c3)OCO4)[C@H](O)C[C@H]2C1. The Morgan fingerprint density at radius 2 is 1.97 bits per heavy atom. The summed E-state index contributed by atoms with van der Waals surface area (Å²) in [5.74, 6) is 3.17. The number of aliphatic hydroxyl groups excluding tert-OH is 1. The Hall–Kier alpha value is -2.74. The van der Waals surface area contributed by atoms with Gasteiger partial charge >= 0.3 is 0 Å². The first-order chi connectivity index (χ1) is 14.5. The molecule has 2 aliphatic heterocycles. The van der Waals surface area contributed by atoms with E-state index in [-0.39, 0.29) is 36.6 Å². The fraction of sp³-hybridized carbons (Fsp3) is 0.545. The number of hydrogen-bond donors (Lipinski definition) is 1. The molecular weight excluding hydrogens is 388 g/mol. The van der Waals surface area contributed by atoms with Crippen LogP contribution in [0.1, 0.15) is 48.9 Å². The molecule has 0 bridgehead atoms. The van der Waals surface area contributed by atoms with Crippen molar-refractivity contribution in [3.8, 4) is 17.2 Å². The van der Waals surface area contributed by atoms with E-state index >= 15 is 0 Å². The van der Waals surface area contributed by atoms with Gasteiger partial charge in [-0.1, -0.05) is 13.8 Å². The highest BCUT2D eigenvalue weighted by Gasteiger charge is 2.44. The number of aromatic nitrogens is 1. The maximum atomic E-state index is 13.0. The Balaban J connectivity index is 1.26. The normalized spacial score (nSPS) is 27.4. The van der Waals surface area contributed by atoms with Gasteiger partial charge in [-0.15, -0.1) is 0 Å². The van der Waals surface area contributed by atoms with Gasteiger partial charge in [0, 0.05) is 25.1 Å². The van der Waals surface area contributed by atoms with Crippen LogP contribution in [0.15, 0.2) is 29.0 Å². The average molecular weight is 414 g/mol. The first kappa shape index (κ1) is 19.2. The summed E-state index contributed by atoms with van der Waals surface area (Å²) in [6, 6.07) is 5.44. The molecule has 30 heavy (non-hydrogen) atoms. The van der Waals surface area contributed by atoms with E-state index in [0.717, 1.165) is 0 Å². The van der Waals surface area contributed by atoms with Crippen LogP contribution in [0.5, 0.6) is 17.2 Å². The van der Waals surface area contributed by atoms with Gasteiger partial charge < -0.3 is 28.6 Å². The Morgan fingerprint density at radius 3 is 2.77 bits per heavy atom. The Kier molecular flexibility index (Phi) is 4.81. The highest BCUT2D eigenvalue weighted by atomic mass is 16.7. The van der Waals surface area contributed by atoms with Gasteiger partial charge in [-0.2, -0.15) is 0 Å². The summed E-state index contributed by atoms with van der Waals surface area (Å²) in [5.41, 5.74) is 0.400. The van der Waals surface area contributed by atoms with Gasteiger partial charge in [0.2, 0.25) is 6.79 Å². The van der Waals surface area contributed by atoms with E-state index < -0.39 is 6.10 Å². The fourth-order valence-corrected chi connectivity index (χ4v) is 4.78. The first-order valence-electron chi connectivity index (χ1n) is 10.5. The van der Waals surface area contributed by atoms with E-state index in [1.54, 1.807) is 6.07 Å². The Morgan fingerprint density at radius 1 is 1.20 bits per heavy atom. The molecule has 1 N–H and O–H groups in total. The number of benzene rings is 1. The molecule has 2 fully saturated rings. The van der Waals surface area contributed by atoms with Crippen molar-refractivity contribution in [1.82, 2.24) is 9.88 Å². The molecule has 160 valence electrons. The number of amides is 1. The number of nitrogens with zero attached hydrogens (tertiary/aromatic N) is 2. The van der Waals surface area contributed by atoms with Crippen molar-refractivity contribution >= 4 is 5.91 Å². The van der Waals surface area contributed by atoms with Crippen molar-refractivity contribution in [1.29, 1.82) is 0 Å². The standard InChI is InChI=1S/C22H26N2O6/c1-12(2)21-20(23-10-27-21)22(26)24-8-13-5-16(25)18(6-14(13)9-24)30-15-3-4-17-19(7-15)29-11-28-17/h3-4,7,10,12-14,16,18,25H,5-6,8-9,11H2,1-2H3/t13-,14+,16+,18+/m0/s1. The van der Waals surface area contributed by atoms with Crippen LogP contribution >= 0.6 is 0 Å². The number of likely N-dealkylation sites (tertiary alicyclic amines) is 1. The van der Waals surface area contributed by atoms with Crippen LogP contribution in [0, 0.1) is 11.8 Å². The summed E-state index contributed by atoms with van der Waals surface area (Å²) < 4.78 is 22.3. The van der Waals surface area contributed by atoms with Gasteiger partial charge in [0.1, 0.15) is 17.6 Å². The van der Waals surface area contributed by atoms with E-state index in [0.29, 0.717) is 54.6 Å². The van der Waals surface area contributed by atoms with Crippen LogP contribution < -0.4 is 14.2 Å². The van der Waals surface area contributed by atoms with Gasteiger partial charge in [0.15, 0.2) is 23.6 Å². The van der Waals surface area contributed by atoms with Crippen molar-refractivity contribution < 1.29 is 28.5 Å². The molecule has 8 nitrogen and oxygen atoms in total. The van der Waals surface area contributed by atoms with Crippen molar-refractivity contribution in [3.05, 3.63) is 36.0 Å². The van der Waals surface area contributed by atoms with Crippen LogP contribution in [-0.4, -0.2) is 53.0 Å². The van der Waals surface area contributed by atoms with Crippen LogP contribution in [0.3, 0.4) is 0 Å². The number of carbonyl (C=O) groups excluding carboxylic acids is 1. The first-order valence-corrected chi connectivity index (χ1v) is 10.5. The second kappa shape index (κ2) is 7.50. The lowest BCUT2D eigenvalue weighted by Gasteiger charge is -2.35. The maximum Gasteiger partial charge on any atom is 0.276 e. The smallest absolute Gasteiger partial charge is 0.276 e. The Bertz CT molecular complexity index is 941. The summed E-state index contributed by atoms with van der Waals surface area (Å²) in [5, 5.41) is 10.7. The molecule has 0 unspecified atom stereocenters. The highest BCUT2D eigenvalue weighted by molar-refractivity contribution is 5.93. The predicted molar refractivity (Wildman–Crippen MR) is 106 cm³/mol. The summed E-state index contributed by atoms with van der Waals surface area (Å²) in [7, 11) is 0. The second-order valence-electron chi connectivity index (χ2n) is 8.66. The molecule has 1 aromatic carbocycles. The molecule has 0 radical (unpaired) electrons. The number of ether oxygens (including phenoxy) is 3. The summed E-state index contributed by atoms with van der Waals surface area (Å²) in [6.45, 7) is 5.44. The number of fused-ring (bicyclic) bond motifs is 2. The van der Waals surface area contributed by atoms with Gasteiger partial charge in [0.05, 0.1) is 6.10 Å². The molecule has 4 atom stereocenters. The Labute approximate surface area is 174 Å². The topological polar surface area (TPSA) is 94.3 Å². The predicted octanol–water partition coefficient (Wildman–Crippen LogP) is 2.82. The van der Waals surface area contributed by atoms with Crippen LogP contribution in [-0.2, 0) is 0 Å². The van der Waals surface area contributed by atoms with E-state index in [9.17, 15) is 9.90 Å². The third-order valence-electron chi connectivity index (χ3n) is 6.33. The third kappa shape index (κ3) is 3.39. The fourth-order valence-electron chi connectivity index (χ4n) is 4.78. The zero-order valence-electron chi connectivity index (χ0n) is 17.1. The van der Waals surface area contributed by atoms with E-state index in [1.807, 2.05) is 30.9 Å². The molecule has 1 aromatic heterocycles. The van der Waals surface area contributed by atoms with Crippen molar-refractivity contribution in [3.63, 3.8) is 0 Å². The lowest BCUT2D eigenvalue weighted by Crippen LogP contribution is -2.42. The van der Waals surface area contributed by atoms with Gasteiger partial charge in [-0.05, 0) is 36.8 Å². The van der Waals surface area contributed by atoms with E-state index in [4.69, 9.17) is 18.6 Å². The average Bonchev–Trinajstić information content (AvgIpc) is 3.46. The summed E-state index contributed by atoms with van der Waals surface area (Å²) in [6.07, 6.45) is 1.74. The van der Waals surface area contributed by atoms with Crippen LogP contribution in [0.25, 0.3) is 0 Å². The minimum Gasteiger partial charge on any atom is -0.488 e. The minimum atomic E-state index is -0.579. The molecular formula is C22H26N2O6. The maximum absolute atomic E-state index is 13.0. The molecule has 8 heteroatoms. The van der Waals surface area contributed by atoms with Gasteiger partial charge in [-0.25, -0.2) is 4.98 Å². The number of rotatable bonds is 4. The molecule has 2 aromatic rings. The quantitative estimate of drug-likeness (QED) is 0.822. The number of oxazole rings is 1. The number of hydrogen-bond acceptors (Lipinski definition) is 7. The largest absolute Gasteiger partial charge is 0.488 e.